The van der Waals surface area contributed by atoms with Crippen molar-refractivity contribution >= 4 is 103 Å². The molecule has 0 aromatic heterocycles. The maximum absolute atomic E-state index is 15.1. The van der Waals surface area contributed by atoms with Crippen molar-refractivity contribution in [3.63, 3.8) is 0 Å². The van der Waals surface area contributed by atoms with Gasteiger partial charge in [0.1, 0.15) is 0 Å². The highest BCUT2D eigenvalue weighted by Crippen LogP contribution is 2.48. The van der Waals surface area contributed by atoms with Crippen molar-refractivity contribution in [1.29, 1.82) is 0 Å². The van der Waals surface area contributed by atoms with E-state index >= 15 is 9.59 Å². The summed E-state index contributed by atoms with van der Waals surface area (Å²) < 4.78 is 0. The summed E-state index contributed by atoms with van der Waals surface area (Å²) in [5.41, 5.74) is 5.83. The maximum Gasteiger partial charge on any atom is 0.267 e. The quantitative estimate of drug-likeness (QED) is 0.0973. The molecule has 0 atom stereocenters. The Balaban J connectivity index is 1.32. The number of rotatable bonds is 10. The Morgan fingerprint density at radius 1 is 0.469 bits per heavy atom. The first-order valence-electron chi connectivity index (χ1n) is 20.8. The highest BCUT2D eigenvalue weighted by atomic mass is 32.2. The summed E-state index contributed by atoms with van der Waals surface area (Å²) in [6.07, 6.45) is 0. The van der Waals surface area contributed by atoms with Crippen LogP contribution in [0.4, 0.5) is 11.4 Å². The first-order chi connectivity index (χ1) is 30.3. The average molecular weight is 923 g/mol. The number of nitrogens with zero attached hydrogens (tertiary/aromatic N) is 2. The van der Waals surface area contributed by atoms with Crippen LogP contribution in [0.2, 0.25) is 0 Å². The summed E-state index contributed by atoms with van der Waals surface area (Å²) in [6.45, 7) is 15.9. The third kappa shape index (κ3) is 8.85. The predicted molar refractivity (Wildman–Crippen MR) is 262 cm³/mol. The Kier molecular flexibility index (Phi) is 12.4. The second-order valence-corrected chi connectivity index (χ2v) is 22.4. The summed E-state index contributed by atoms with van der Waals surface area (Å²) in [5.74, 6) is -1.41. The number of carbonyl (C=O) groups is 6. The summed E-state index contributed by atoms with van der Waals surface area (Å²) in [7, 11) is 0. The van der Waals surface area contributed by atoms with Gasteiger partial charge < -0.3 is 0 Å². The summed E-state index contributed by atoms with van der Waals surface area (Å²) >= 11 is 4.89. The molecule has 0 unspecified atom stereocenters. The normalized spacial score (nSPS) is 13.9. The van der Waals surface area contributed by atoms with E-state index in [-0.39, 0.29) is 54.1 Å². The second-order valence-electron chi connectivity index (χ2n) is 17.9. The van der Waals surface area contributed by atoms with Gasteiger partial charge in [-0.15, -0.1) is 23.5 Å². The van der Waals surface area contributed by atoms with Crippen molar-refractivity contribution < 1.29 is 28.8 Å². The Labute approximate surface area is 390 Å². The van der Waals surface area contributed by atoms with Crippen molar-refractivity contribution in [1.82, 2.24) is 0 Å². The minimum Gasteiger partial charge on any atom is -0.287 e. The summed E-state index contributed by atoms with van der Waals surface area (Å²) in [5, 5.41) is 0.370. The van der Waals surface area contributed by atoms with E-state index in [1.807, 2.05) is 0 Å². The van der Waals surface area contributed by atoms with E-state index in [0.717, 1.165) is 44.5 Å². The number of thioether (sulfide) groups is 4. The average Bonchev–Trinajstić information content (AvgIpc) is 3.23. The molecule has 8 rings (SSSR count). The minimum atomic E-state index is -0.584. The van der Waals surface area contributed by atoms with Crippen LogP contribution in [0.1, 0.15) is 119 Å². The molecule has 6 aromatic rings. The van der Waals surface area contributed by atoms with Crippen LogP contribution in [0.15, 0.2) is 129 Å². The molecule has 324 valence electrons. The molecule has 0 spiro atoms. The maximum atomic E-state index is 15.1. The SMILES string of the molecule is CC(=O)Sc1ccc(N2C(=O)c3cc(SCc4ccc(C(C)(C)C)cc4)c4c5c(cc(SCc6ccc(C(C)(C)C)cc6)c(c35)C2=O)C(=O)N(c2ccc(SC(C)=O)cc2)C4=O)cc1. The van der Waals surface area contributed by atoms with E-state index in [1.165, 1.54) is 48.5 Å². The van der Waals surface area contributed by atoms with Crippen molar-refractivity contribution in [2.75, 3.05) is 9.80 Å². The van der Waals surface area contributed by atoms with Crippen LogP contribution >= 0.6 is 47.0 Å². The van der Waals surface area contributed by atoms with Gasteiger partial charge in [-0.3, -0.25) is 28.8 Å². The molecular weight excluding hydrogens is 877 g/mol. The number of anilines is 2. The lowest BCUT2D eigenvalue weighted by Gasteiger charge is -2.34. The second kappa shape index (κ2) is 17.5. The van der Waals surface area contributed by atoms with Crippen molar-refractivity contribution in [3.8, 4) is 0 Å². The highest BCUT2D eigenvalue weighted by Gasteiger charge is 2.44. The van der Waals surface area contributed by atoms with Crippen molar-refractivity contribution in [2.24, 2.45) is 0 Å². The third-order valence-corrected chi connectivity index (χ3v) is 15.0. The standard InChI is InChI=1S/C52H46N2O6S4/c1-29(55)63-37-21-17-35(18-22-37)53-47(57)39-25-42(62-28-32-11-15-34(16-12-32)52(6,7)8)46-44-40(48(58)54(50(46)60)36-19-23-38(24-20-36)64-30(2)56)26-41(45(43(39)44)49(53)59)61-27-31-9-13-33(14-10-31)51(3,4)5/h9-26H,27-28H2,1-8H3. The van der Waals surface area contributed by atoms with Gasteiger partial charge in [0.2, 0.25) is 0 Å². The molecule has 0 saturated carbocycles. The molecule has 2 aliphatic rings. The topological polar surface area (TPSA) is 109 Å². The Bertz CT molecular complexity index is 2710. The molecule has 0 saturated heterocycles. The molecule has 12 heteroatoms. The summed E-state index contributed by atoms with van der Waals surface area (Å²) in [6, 6.07) is 33.5. The number of carbonyl (C=O) groups excluding carboxylic acids is 6. The van der Waals surface area contributed by atoms with Gasteiger partial charge in [-0.25, -0.2) is 9.80 Å². The lowest BCUT2D eigenvalue weighted by Crippen LogP contribution is -2.44. The molecule has 64 heavy (non-hydrogen) atoms. The monoisotopic (exact) mass is 922 g/mol. The van der Waals surface area contributed by atoms with E-state index < -0.39 is 23.6 Å². The van der Waals surface area contributed by atoms with E-state index in [9.17, 15) is 19.2 Å². The van der Waals surface area contributed by atoms with Gasteiger partial charge in [-0.2, -0.15) is 0 Å². The van der Waals surface area contributed by atoms with Crippen LogP contribution < -0.4 is 9.80 Å². The van der Waals surface area contributed by atoms with Gasteiger partial charge >= 0.3 is 0 Å². The largest absolute Gasteiger partial charge is 0.287 e. The van der Waals surface area contributed by atoms with Crippen LogP contribution in [0.25, 0.3) is 10.8 Å². The first-order valence-corrected chi connectivity index (χ1v) is 24.4. The fourth-order valence-electron chi connectivity index (χ4n) is 7.88. The lowest BCUT2D eigenvalue weighted by molar-refractivity contribution is -0.109. The molecule has 8 nitrogen and oxygen atoms in total. The fraction of sp³-hybridized carbons (Fsp3) is 0.231. The van der Waals surface area contributed by atoms with Gasteiger partial charge in [0.05, 0.1) is 33.6 Å². The van der Waals surface area contributed by atoms with E-state index in [0.29, 0.717) is 42.5 Å². The molecule has 0 N–H and O–H groups in total. The van der Waals surface area contributed by atoms with E-state index in [1.54, 1.807) is 60.7 Å². The molecular formula is C52H46N2O6S4. The highest BCUT2D eigenvalue weighted by molar-refractivity contribution is 8.13. The van der Waals surface area contributed by atoms with Crippen molar-refractivity contribution in [3.05, 3.63) is 154 Å². The van der Waals surface area contributed by atoms with Gasteiger partial charge in [0.15, 0.2) is 10.2 Å². The molecule has 2 aliphatic heterocycles. The zero-order valence-corrected chi connectivity index (χ0v) is 40.0. The zero-order chi connectivity index (χ0) is 45.8. The number of benzene rings is 6. The fourth-order valence-corrected chi connectivity index (χ4v) is 11.2. The zero-order valence-electron chi connectivity index (χ0n) is 36.8. The number of amides is 4. The Morgan fingerprint density at radius 2 is 0.797 bits per heavy atom. The van der Waals surface area contributed by atoms with Gasteiger partial charge in [0, 0.05) is 55.7 Å². The summed E-state index contributed by atoms with van der Waals surface area (Å²) in [4.78, 5) is 88.5. The van der Waals surface area contributed by atoms with E-state index in [2.05, 4.69) is 90.1 Å². The van der Waals surface area contributed by atoms with Gasteiger partial charge in [0.25, 0.3) is 23.6 Å². The van der Waals surface area contributed by atoms with Gasteiger partial charge in [-0.05, 0) is 93.7 Å². The molecule has 0 radical (unpaired) electrons. The van der Waals surface area contributed by atoms with Crippen LogP contribution in [0.5, 0.6) is 0 Å². The van der Waals surface area contributed by atoms with Crippen LogP contribution in [-0.4, -0.2) is 33.9 Å². The number of hydrogen-bond acceptors (Lipinski definition) is 10. The predicted octanol–water partition coefficient (Wildman–Crippen LogP) is 12.9. The Hall–Kier alpha value is -5.40. The molecule has 2 heterocycles. The Morgan fingerprint density at radius 3 is 1.09 bits per heavy atom. The first kappa shape index (κ1) is 45.2. The van der Waals surface area contributed by atoms with Crippen LogP contribution in [0.3, 0.4) is 0 Å². The van der Waals surface area contributed by atoms with Crippen LogP contribution in [-0.2, 0) is 31.9 Å². The van der Waals surface area contributed by atoms with Crippen LogP contribution in [0, 0.1) is 0 Å². The molecule has 4 amide bonds. The number of hydrogen-bond donors (Lipinski definition) is 0. The smallest absolute Gasteiger partial charge is 0.267 e. The molecule has 0 aliphatic carbocycles. The van der Waals surface area contributed by atoms with Gasteiger partial charge in [-0.1, -0.05) is 114 Å². The van der Waals surface area contributed by atoms with E-state index in [4.69, 9.17) is 0 Å². The molecule has 6 aromatic carbocycles. The third-order valence-electron chi connectivity index (χ3n) is 11.2. The molecule has 0 bridgehead atoms. The number of imide groups is 2. The van der Waals surface area contributed by atoms with Crippen molar-refractivity contribution in [2.45, 2.75) is 97.3 Å². The lowest BCUT2D eigenvalue weighted by atomic mass is 9.85. The minimum absolute atomic E-state index is 0.0411. The molecule has 0 fully saturated rings.